The summed E-state index contributed by atoms with van der Waals surface area (Å²) in [5.74, 6) is 1.23. The highest BCUT2D eigenvalue weighted by Crippen LogP contribution is 2.33. The van der Waals surface area contributed by atoms with Gasteiger partial charge in [-0.15, -0.1) is 0 Å². The van der Waals surface area contributed by atoms with E-state index in [0.717, 1.165) is 24.9 Å². The topological polar surface area (TPSA) is 43.1 Å². The second kappa shape index (κ2) is 3.73. The lowest BCUT2D eigenvalue weighted by Gasteiger charge is -2.19. The summed E-state index contributed by atoms with van der Waals surface area (Å²) in [6.45, 7) is 0. The van der Waals surface area contributed by atoms with Gasteiger partial charge in [-0.3, -0.25) is 4.79 Å². The lowest BCUT2D eigenvalue weighted by atomic mass is 9.87. The first-order valence-corrected chi connectivity index (χ1v) is 4.80. The molecule has 1 fully saturated rings. The van der Waals surface area contributed by atoms with Crippen LogP contribution in [0.3, 0.4) is 0 Å². The smallest absolute Gasteiger partial charge is 0.181 e. The molecule has 2 rings (SSSR count). The van der Waals surface area contributed by atoms with E-state index in [9.17, 15) is 4.79 Å². The second-order valence-electron chi connectivity index (χ2n) is 3.55. The number of aldehydes is 1. The SMILES string of the molecule is O=Cc1ncoc1C1CCCCC1. The van der Waals surface area contributed by atoms with Crippen molar-refractivity contribution in [3.8, 4) is 0 Å². The number of hydrogen-bond donors (Lipinski definition) is 0. The molecule has 0 unspecified atom stereocenters. The lowest BCUT2D eigenvalue weighted by molar-refractivity contribution is 0.111. The number of rotatable bonds is 2. The van der Waals surface area contributed by atoms with E-state index in [0.29, 0.717) is 11.6 Å². The first kappa shape index (κ1) is 8.48. The summed E-state index contributed by atoms with van der Waals surface area (Å²) in [6.07, 6.45) is 8.21. The third-order valence-electron chi connectivity index (χ3n) is 2.71. The number of carbonyl (C=O) groups is 1. The molecule has 3 nitrogen and oxygen atoms in total. The van der Waals surface area contributed by atoms with Gasteiger partial charge in [0.05, 0.1) is 0 Å². The average Bonchev–Trinajstić information content (AvgIpc) is 2.67. The van der Waals surface area contributed by atoms with Crippen LogP contribution in [0.5, 0.6) is 0 Å². The van der Waals surface area contributed by atoms with Crippen LogP contribution < -0.4 is 0 Å². The fourth-order valence-electron chi connectivity index (χ4n) is 2.02. The van der Waals surface area contributed by atoms with Crippen LogP contribution in [-0.2, 0) is 0 Å². The highest BCUT2D eigenvalue weighted by molar-refractivity contribution is 5.73. The van der Waals surface area contributed by atoms with Gasteiger partial charge in [0.15, 0.2) is 12.7 Å². The summed E-state index contributed by atoms with van der Waals surface area (Å²) < 4.78 is 5.25. The Morgan fingerprint density at radius 2 is 2.15 bits per heavy atom. The van der Waals surface area contributed by atoms with E-state index in [-0.39, 0.29) is 0 Å². The van der Waals surface area contributed by atoms with E-state index in [2.05, 4.69) is 4.98 Å². The Hall–Kier alpha value is -1.12. The van der Waals surface area contributed by atoms with Crippen molar-refractivity contribution in [1.29, 1.82) is 0 Å². The monoisotopic (exact) mass is 179 g/mol. The van der Waals surface area contributed by atoms with Gasteiger partial charge in [-0.2, -0.15) is 0 Å². The molecule has 1 aromatic heterocycles. The molecule has 1 aliphatic carbocycles. The van der Waals surface area contributed by atoms with Crippen molar-refractivity contribution in [1.82, 2.24) is 4.98 Å². The first-order valence-electron chi connectivity index (χ1n) is 4.80. The molecule has 1 aromatic rings. The van der Waals surface area contributed by atoms with E-state index in [1.54, 1.807) is 0 Å². The lowest BCUT2D eigenvalue weighted by Crippen LogP contribution is -2.05. The molecule has 1 heterocycles. The van der Waals surface area contributed by atoms with Crippen LogP contribution in [0.1, 0.15) is 54.3 Å². The van der Waals surface area contributed by atoms with Crippen molar-refractivity contribution in [2.75, 3.05) is 0 Å². The van der Waals surface area contributed by atoms with Gasteiger partial charge in [0.25, 0.3) is 0 Å². The molecule has 0 atom stereocenters. The fraction of sp³-hybridized carbons (Fsp3) is 0.600. The third kappa shape index (κ3) is 1.64. The maximum Gasteiger partial charge on any atom is 0.181 e. The van der Waals surface area contributed by atoms with Crippen molar-refractivity contribution in [2.45, 2.75) is 38.0 Å². The molecule has 1 saturated carbocycles. The molecular weight excluding hydrogens is 166 g/mol. The summed E-state index contributed by atoms with van der Waals surface area (Å²) in [4.78, 5) is 14.5. The van der Waals surface area contributed by atoms with Crippen LogP contribution >= 0.6 is 0 Å². The largest absolute Gasteiger partial charge is 0.447 e. The maximum atomic E-state index is 10.6. The Morgan fingerprint density at radius 1 is 1.38 bits per heavy atom. The fourth-order valence-corrected chi connectivity index (χ4v) is 2.02. The summed E-state index contributed by atoms with van der Waals surface area (Å²) in [5, 5.41) is 0. The van der Waals surface area contributed by atoms with Crippen LogP contribution in [0.15, 0.2) is 10.8 Å². The van der Waals surface area contributed by atoms with Gasteiger partial charge in [-0.1, -0.05) is 19.3 Å². The van der Waals surface area contributed by atoms with Gasteiger partial charge >= 0.3 is 0 Å². The number of nitrogens with zero attached hydrogens (tertiary/aromatic N) is 1. The molecule has 0 amide bonds. The van der Waals surface area contributed by atoms with E-state index in [1.165, 1.54) is 25.7 Å². The molecule has 0 aliphatic heterocycles. The molecular formula is C10H13NO2. The normalized spacial score (nSPS) is 18.8. The number of carbonyl (C=O) groups excluding carboxylic acids is 1. The minimum absolute atomic E-state index is 0.427. The molecule has 0 bridgehead atoms. The van der Waals surface area contributed by atoms with Crippen molar-refractivity contribution in [3.63, 3.8) is 0 Å². The van der Waals surface area contributed by atoms with Gasteiger partial charge < -0.3 is 4.42 Å². The molecule has 0 radical (unpaired) electrons. The predicted molar refractivity (Wildman–Crippen MR) is 47.7 cm³/mol. The van der Waals surface area contributed by atoms with Crippen LogP contribution in [-0.4, -0.2) is 11.3 Å². The summed E-state index contributed by atoms with van der Waals surface area (Å²) in [5.41, 5.74) is 0.493. The van der Waals surface area contributed by atoms with Crippen LogP contribution in [0.25, 0.3) is 0 Å². The zero-order valence-electron chi connectivity index (χ0n) is 7.53. The molecule has 0 N–H and O–H groups in total. The van der Waals surface area contributed by atoms with Gasteiger partial charge in [0.2, 0.25) is 0 Å². The molecule has 0 saturated heterocycles. The molecule has 0 spiro atoms. The van der Waals surface area contributed by atoms with Gasteiger partial charge in [-0.25, -0.2) is 4.98 Å². The van der Waals surface area contributed by atoms with Crippen molar-refractivity contribution in [3.05, 3.63) is 17.8 Å². The molecule has 0 aromatic carbocycles. The number of aromatic nitrogens is 1. The van der Waals surface area contributed by atoms with Crippen molar-refractivity contribution in [2.24, 2.45) is 0 Å². The van der Waals surface area contributed by atoms with Gasteiger partial charge in [-0.05, 0) is 12.8 Å². The quantitative estimate of drug-likeness (QED) is 0.655. The standard InChI is InChI=1S/C10H13NO2/c12-6-9-10(13-7-11-9)8-4-2-1-3-5-8/h6-8H,1-5H2. The summed E-state index contributed by atoms with van der Waals surface area (Å²) in [7, 11) is 0. The van der Waals surface area contributed by atoms with Gasteiger partial charge in [0.1, 0.15) is 11.5 Å². The van der Waals surface area contributed by atoms with Gasteiger partial charge in [0, 0.05) is 5.92 Å². The molecule has 3 heteroatoms. The van der Waals surface area contributed by atoms with E-state index >= 15 is 0 Å². The van der Waals surface area contributed by atoms with Crippen molar-refractivity contribution < 1.29 is 9.21 Å². The Bertz CT molecular complexity index is 287. The van der Waals surface area contributed by atoms with E-state index in [1.807, 2.05) is 0 Å². The highest BCUT2D eigenvalue weighted by Gasteiger charge is 2.21. The number of hydrogen-bond acceptors (Lipinski definition) is 3. The minimum Gasteiger partial charge on any atom is -0.447 e. The minimum atomic E-state index is 0.427. The van der Waals surface area contributed by atoms with E-state index in [4.69, 9.17) is 4.42 Å². The zero-order chi connectivity index (χ0) is 9.10. The number of oxazole rings is 1. The predicted octanol–water partition coefficient (Wildman–Crippen LogP) is 2.53. The Kier molecular flexibility index (Phi) is 2.43. The Labute approximate surface area is 77.2 Å². The molecule has 1 aliphatic rings. The average molecular weight is 179 g/mol. The van der Waals surface area contributed by atoms with E-state index < -0.39 is 0 Å². The maximum absolute atomic E-state index is 10.6. The second-order valence-corrected chi connectivity index (χ2v) is 3.55. The van der Waals surface area contributed by atoms with Crippen molar-refractivity contribution >= 4 is 6.29 Å². The Balaban J connectivity index is 2.17. The highest BCUT2D eigenvalue weighted by atomic mass is 16.3. The van der Waals surface area contributed by atoms with Crippen LogP contribution in [0.4, 0.5) is 0 Å². The third-order valence-corrected chi connectivity index (χ3v) is 2.71. The first-order chi connectivity index (χ1) is 6.42. The van der Waals surface area contributed by atoms with Crippen LogP contribution in [0.2, 0.25) is 0 Å². The Morgan fingerprint density at radius 3 is 2.85 bits per heavy atom. The van der Waals surface area contributed by atoms with Crippen LogP contribution in [0, 0.1) is 0 Å². The molecule has 70 valence electrons. The zero-order valence-corrected chi connectivity index (χ0v) is 7.53. The summed E-state index contributed by atoms with van der Waals surface area (Å²) in [6, 6.07) is 0. The molecule has 13 heavy (non-hydrogen) atoms. The summed E-state index contributed by atoms with van der Waals surface area (Å²) >= 11 is 0.